The van der Waals surface area contributed by atoms with E-state index in [-0.39, 0.29) is 31.7 Å². The van der Waals surface area contributed by atoms with Crippen LogP contribution < -0.4 is 16.0 Å². The number of nitrogens with zero attached hydrogens (tertiary/aromatic N) is 1. The summed E-state index contributed by atoms with van der Waals surface area (Å²) >= 11 is 0. The molecule has 2 aromatic heterocycles. The second-order valence-corrected chi connectivity index (χ2v) is 8.36. The molecule has 0 saturated carbocycles. The van der Waals surface area contributed by atoms with Crippen molar-refractivity contribution < 1.29 is 19.2 Å². The number of nitrogens with one attached hydrogen (secondary N) is 5. The summed E-state index contributed by atoms with van der Waals surface area (Å²) in [7, 11) is 1.85. The zero-order chi connectivity index (χ0) is 25.4. The molecule has 0 aliphatic heterocycles. The fraction of sp³-hybridized carbons (Fsp3) is 0.320. The minimum atomic E-state index is -1.01. The van der Waals surface area contributed by atoms with Gasteiger partial charge in [-0.1, -0.05) is 18.2 Å². The summed E-state index contributed by atoms with van der Waals surface area (Å²) in [6, 6.07) is 9.41. The van der Waals surface area contributed by atoms with E-state index >= 15 is 0 Å². The van der Waals surface area contributed by atoms with E-state index < -0.39 is 29.7 Å². The number of amides is 3. The molecule has 0 aliphatic carbocycles. The number of carbonyl (C=O) groups excluding carboxylic acids is 4. The number of para-hydroxylation sites is 1. The van der Waals surface area contributed by atoms with Crippen LogP contribution in [0.3, 0.4) is 0 Å². The summed E-state index contributed by atoms with van der Waals surface area (Å²) in [4.78, 5) is 52.8. The summed E-state index contributed by atoms with van der Waals surface area (Å²) in [5.41, 5.74) is 2.63. The smallest absolute Gasteiger partial charge is 0.243 e. The van der Waals surface area contributed by atoms with Crippen LogP contribution in [0.25, 0.3) is 10.9 Å². The number of rotatable bonds is 12. The first kappa shape index (κ1) is 25.4. The van der Waals surface area contributed by atoms with Crippen molar-refractivity contribution in [1.82, 2.24) is 25.5 Å². The highest BCUT2D eigenvalue weighted by Gasteiger charge is 2.27. The average molecular weight is 479 g/mol. The zero-order valence-electron chi connectivity index (χ0n) is 19.8. The zero-order valence-corrected chi connectivity index (χ0v) is 19.8. The van der Waals surface area contributed by atoms with Crippen LogP contribution >= 0.6 is 0 Å². The van der Waals surface area contributed by atoms with Crippen molar-refractivity contribution in [2.75, 3.05) is 0 Å². The summed E-state index contributed by atoms with van der Waals surface area (Å²) in [6.45, 7) is 1.57. The molecule has 0 unspecified atom stereocenters. The number of Topliss-reactive ketones (excluding diaryl/α,β-unsaturated/α-hetero) is 1. The van der Waals surface area contributed by atoms with Crippen molar-refractivity contribution in [3.05, 3.63) is 60.0 Å². The number of hydrogen-bond acceptors (Lipinski definition) is 5. The molecule has 10 nitrogen and oxygen atoms in total. The van der Waals surface area contributed by atoms with Crippen molar-refractivity contribution in [3.63, 3.8) is 0 Å². The van der Waals surface area contributed by atoms with Crippen LogP contribution in [0.15, 0.2) is 48.8 Å². The van der Waals surface area contributed by atoms with Crippen LogP contribution in [-0.4, -0.2) is 51.4 Å². The predicted octanol–water partition coefficient (Wildman–Crippen LogP) is 1.35. The molecule has 3 rings (SSSR count). The Kier molecular flexibility index (Phi) is 8.55. The SMILES string of the molecule is CC(=O)N[C@@H](Cc1c[nH]c2ccccc12)C(=O)N[C@@H](CCC(=O)C=N)C(=O)NCc1cccn1C. The number of fused-ring (bicyclic) bond motifs is 1. The third kappa shape index (κ3) is 6.89. The Labute approximate surface area is 203 Å². The summed E-state index contributed by atoms with van der Waals surface area (Å²) in [5, 5.41) is 16.2. The quantitative estimate of drug-likeness (QED) is 0.250. The minimum Gasteiger partial charge on any atom is -0.361 e. The first-order valence-corrected chi connectivity index (χ1v) is 11.3. The highest BCUT2D eigenvalue weighted by Crippen LogP contribution is 2.19. The first-order valence-electron chi connectivity index (χ1n) is 11.3. The van der Waals surface area contributed by atoms with Gasteiger partial charge in [0.1, 0.15) is 12.1 Å². The molecule has 10 heteroatoms. The molecule has 35 heavy (non-hydrogen) atoms. The van der Waals surface area contributed by atoms with E-state index in [0.29, 0.717) is 6.21 Å². The molecular weight excluding hydrogens is 448 g/mol. The molecule has 0 fully saturated rings. The largest absolute Gasteiger partial charge is 0.361 e. The van der Waals surface area contributed by atoms with Gasteiger partial charge in [0.05, 0.1) is 12.8 Å². The third-order valence-electron chi connectivity index (χ3n) is 5.76. The van der Waals surface area contributed by atoms with Crippen LogP contribution in [0.5, 0.6) is 0 Å². The van der Waals surface area contributed by atoms with Gasteiger partial charge in [0, 0.05) is 55.8 Å². The molecule has 0 spiro atoms. The monoisotopic (exact) mass is 478 g/mol. The number of ketones is 1. The molecule has 184 valence electrons. The third-order valence-corrected chi connectivity index (χ3v) is 5.76. The van der Waals surface area contributed by atoms with Gasteiger partial charge in [0.2, 0.25) is 17.7 Å². The second-order valence-electron chi connectivity index (χ2n) is 8.36. The van der Waals surface area contributed by atoms with Crippen LogP contribution in [0, 0.1) is 5.41 Å². The van der Waals surface area contributed by atoms with Crippen LogP contribution in [-0.2, 0) is 39.2 Å². The van der Waals surface area contributed by atoms with Crippen LogP contribution in [0.4, 0.5) is 0 Å². The second kappa shape index (κ2) is 11.8. The molecule has 0 bridgehead atoms. The van der Waals surface area contributed by atoms with Gasteiger partial charge < -0.3 is 30.9 Å². The number of H-pyrrole nitrogens is 1. The van der Waals surface area contributed by atoms with E-state index in [1.807, 2.05) is 54.2 Å². The van der Waals surface area contributed by atoms with Crippen molar-refractivity contribution in [2.24, 2.45) is 7.05 Å². The Morgan fingerprint density at radius 2 is 1.83 bits per heavy atom. The molecule has 2 atom stereocenters. The number of hydrogen-bond donors (Lipinski definition) is 5. The molecule has 3 aromatic rings. The van der Waals surface area contributed by atoms with Crippen molar-refractivity contribution >= 4 is 40.6 Å². The van der Waals surface area contributed by atoms with Gasteiger partial charge in [-0.15, -0.1) is 0 Å². The first-order chi connectivity index (χ1) is 16.8. The number of aromatic nitrogens is 2. The number of benzene rings is 1. The lowest BCUT2D eigenvalue weighted by Crippen LogP contribution is -2.54. The van der Waals surface area contributed by atoms with Crippen molar-refractivity contribution in [1.29, 1.82) is 5.41 Å². The fourth-order valence-electron chi connectivity index (χ4n) is 3.86. The van der Waals surface area contributed by atoms with Crippen molar-refractivity contribution in [3.8, 4) is 0 Å². The maximum Gasteiger partial charge on any atom is 0.243 e. The highest BCUT2D eigenvalue weighted by atomic mass is 16.2. The van der Waals surface area contributed by atoms with E-state index in [1.54, 1.807) is 6.20 Å². The van der Waals surface area contributed by atoms with E-state index in [9.17, 15) is 19.2 Å². The molecule has 2 heterocycles. The normalized spacial score (nSPS) is 12.5. The highest BCUT2D eigenvalue weighted by molar-refractivity contribution is 6.26. The Morgan fingerprint density at radius 1 is 1.06 bits per heavy atom. The number of carbonyl (C=O) groups is 4. The van der Waals surface area contributed by atoms with Gasteiger partial charge in [-0.05, 0) is 30.2 Å². The van der Waals surface area contributed by atoms with Gasteiger partial charge in [0.25, 0.3) is 0 Å². The Morgan fingerprint density at radius 3 is 2.51 bits per heavy atom. The lowest BCUT2D eigenvalue weighted by molar-refractivity contribution is -0.132. The van der Waals surface area contributed by atoms with Crippen LogP contribution in [0.1, 0.15) is 31.0 Å². The van der Waals surface area contributed by atoms with Gasteiger partial charge in [-0.25, -0.2) is 0 Å². The predicted molar refractivity (Wildman–Crippen MR) is 132 cm³/mol. The maximum atomic E-state index is 13.2. The Hall–Kier alpha value is -4.21. The maximum absolute atomic E-state index is 13.2. The molecule has 0 radical (unpaired) electrons. The molecule has 3 amide bonds. The van der Waals surface area contributed by atoms with Gasteiger partial charge >= 0.3 is 0 Å². The Balaban J connectivity index is 1.74. The Bertz CT molecular complexity index is 1230. The number of aromatic amines is 1. The summed E-state index contributed by atoms with van der Waals surface area (Å²) < 4.78 is 1.86. The lowest BCUT2D eigenvalue weighted by atomic mass is 10.0. The van der Waals surface area contributed by atoms with E-state index in [1.165, 1.54) is 6.92 Å². The lowest BCUT2D eigenvalue weighted by Gasteiger charge is -2.23. The van der Waals surface area contributed by atoms with Gasteiger partial charge in [-0.3, -0.25) is 19.2 Å². The van der Waals surface area contributed by atoms with E-state index in [2.05, 4.69) is 20.9 Å². The molecular formula is C25H30N6O4. The van der Waals surface area contributed by atoms with Crippen LogP contribution in [0.2, 0.25) is 0 Å². The summed E-state index contributed by atoms with van der Waals surface area (Å²) in [6.07, 6.45) is 4.51. The molecule has 1 aromatic carbocycles. The molecule has 0 aliphatic rings. The fourth-order valence-corrected chi connectivity index (χ4v) is 3.86. The topological polar surface area (TPSA) is 149 Å². The number of aryl methyl sites for hydroxylation is 1. The summed E-state index contributed by atoms with van der Waals surface area (Å²) in [5.74, 6) is -1.82. The van der Waals surface area contributed by atoms with Gasteiger partial charge in [0.15, 0.2) is 5.78 Å². The van der Waals surface area contributed by atoms with E-state index in [4.69, 9.17) is 5.41 Å². The molecule has 5 N–H and O–H groups in total. The van der Waals surface area contributed by atoms with Crippen molar-refractivity contribution in [2.45, 2.75) is 44.8 Å². The van der Waals surface area contributed by atoms with Gasteiger partial charge in [-0.2, -0.15) is 0 Å². The van der Waals surface area contributed by atoms with E-state index in [0.717, 1.165) is 22.2 Å². The average Bonchev–Trinajstić information content (AvgIpc) is 3.44. The molecule has 0 saturated heterocycles. The minimum absolute atomic E-state index is 0.0266. The standard InChI is InChI=1S/C25H30N6O4/c1-16(32)29-23(12-17-14-27-21-8-4-3-7-20(17)21)25(35)30-22(10-9-19(33)13-26)24(34)28-15-18-6-5-11-31(18)2/h3-8,11,13-14,22-23,26-27H,9-10,12,15H2,1-2H3,(H,28,34)(H,29,32)(H,30,35)/t22-,23-/m0/s1.